The Morgan fingerprint density at radius 2 is 1.67 bits per heavy atom. The minimum Gasteiger partial charge on any atom is -0.317 e. The third kappa shape index (κ3) is 4.55. The van der Waals surface area contributed by atoms with Crippen LogP contribution in [0.3, 0.4) is 0 Å². The van der Waals surface area contributed by atoms with E-state index >= 15 is 0 Å². The van der Waals surface area contributed by atoms with Gasteiger partial charge < -0.3 is 5.32 Å². The van der Waals surface area contributed by atoms with Gasteiger partial charge in [0, 0.05) is 19.1 Å². The van der Waals surface area contributed by atoms with E-state index in [0.29, 0.717) is 6.04 Å². The van der Waals surface area contributed by atoms with Crippen LogP contribution in [-0.2, 0) is 6.54 Å². The first-order valence-electron chi connectivity index (χ1n) is 8.49. The predicted octanol–water partition coefficient (Wildman–Crippen LogP) is 3.82. The molecule has 0 amide bonds. The fraction of sp³-hybridized carbons (Fsp3) is 0.684. The van der Waals surface area contributed by atoms with E-state index in [-0.39, 0.29) is 0 Å². The molecule has 1 aromatic rings. The molecule has 0 atom stereocenters. The van der Waals surface area contributed by atoms with Crippen LogP contribution in [0.2, 0.25) is 0 Å². The maximum Gasteiger partial charge on any atom is 0.0239 e. The lowest BCUT2D eigenvalue weighted by molar-refractivity contribution is 0.161. The number of nitrogens with one attached hydrogen (secondary N) is 1. The SMILES string of the molecule is Cc1cc(C)c(CN(CC2CCNCC2)C(C)C)cc1C. The van der Waals surface area contributed by atoms with E-state index in [1.165, 1.54) is 54.7 Å². The van der Waals surface area contributed by atoms with Crippen LogP contribution in [0.4, 0.5) is 0 Å². The Morgan fingerprint density at radius 3 is 2.29 bits per heavy atom. The summed E-state index contributed by atoms with van der Waals surface area (Å²) in [6.45, 7) is 16.1. The summed E-state index contributed by atoms with van der Waals surface area (Å²) >= 11 is 0. The van der Waals surface area contributed by atoms with Gasteiger partial charge in [-0.2, -0.15) is 0 Å². The zero-order chi connectivity index (χ0) is 15.4. The van der Waals surface area contributed by atoms with Crippen LogP contribution < -0.4 is 5.32 Å². The molecule has 1 heterocycles. The highest BCUT2D eigenvalue weighted by Gasteiger charge is 2.19. The van der Waals surface area contributed by atoms with E-state index in [9.17, 15) is 0 Å². The molecule has 1 fully saturated rings. The summed E-state index contributed by atoms with van der Waals surface area (Å²) in [5.74, 6) is 0.862. The van der Waals surface area contributed by atoms with Gasteiger partial charge in [0.05, 0.1) is 0 Å². The second kappa shape index (κ2) is 7.42. The van der Waals surface area contributed by atoms with Crippen molar-refractivity contribution in [1.82, 2.24) is 10.2 Å². The van der Waals surface area contributed by atoms with E-state index in [4.69, 9.17) is 0 Å². The van der Waals surface area contributed by atoms with E-state index in [0.717, 1.165) is 12.5 Å². The van der Waals surface area contributed by atoms with Crippen molar-refractivity contribution in [3.05, 3.63) is 34.4 Å². The first kappa shape index (κ1) is 16.5. The predicted molar refractivity (Wildman–Crippen MR) is 91.8 cm³/mol. The van der Waals surface area contributed by atoms with Crippen molar-refractivity contribution in [3.8, 4) is 0 Å². The average molecular weight is 288 g/mol. The van der Waals surface area contributed by atoms with Crippen molar-refractivity contribution >= 4 is 0 Å². The van der Waals surface area contributed by atoms with E-state index in [1.807, 2.05) is 0 Å². The molecule has 21 heavy (non-hydrogen) atoms. The van der Waals surface area contributed by atoms with Gasteiger partial charge >= 0.3 is 0 Å². The van der Waals surface area contributed by atoms with Crippen LogP contribution in [0.5, 0.6) is 0 Å². The van der Waals surface area contributed by atoms with Crippen molar-refractivity contribution in [2.75, 3.05) is 19.6 Å². The monoisotopic (exact) mass is 288 g/mol. The number of hydrogen-bond acceptors (Lipinski definition) is 2. The molecule has 0 radical (unpaired) electrons. The molecular formula is C19H32N2. The van der Waals surface area contributed by atoms with Crippen molar-refractivity contribution in [1.29, 1.82) is 0 Å². The largest absolute Gasteiger partial charge is 0.317 e. The normalized spacial score (nSPS) is 16.9. The Bertz CT molecular complexity index is 459. The Balaban J connectivity index is 2.07. The molecule has 1 aliphatic rings. The van der Waals surface area contributed by atoms with Crippen LogP contribution in [0.1, 0.15) is 48.9 Å². The summed E-state index contributed by atoms with van der Waals surface area (Å²) in [4.78, 5) is 2.66. The second-order valence-electron chi connectivity index (χ2n) is 7.08. The molecule has 0 bridgehead atoms. The number of benzene rings is 1. The Kier molecular flexibility index (Phi) is 5.83. The van der Waals surface area contributed by atoms with Crippen LogP contribution in [0.15, 0.2) is 12.1 Å². The van der Waals surface area contributed by atoms with E-state index in [2.05, 4.69) is 57.0 Å². The summed E-state index contributed by atoms with van der Waals surface area (Å²) in [7, 11) is 0. The highest BCUT2D eigenvalue weighted by molar-refractivity contribution is 5.36. The molecule has 0 unspecified atom stereocenters. The van der Waals surface area contributed by atoms with E-state index < -0.39 is 0 Å². The van der Waals surface area contributed by atoms with Crippen LogP contribution in [-0.4, -0.2) is 30.6 Å². The lowest BCUT2D eigenvalue weighted by Gasteiger charge is -2.33. The van der Waals surface area contributed by atoms with Gasteiger partial charge in [0.2, 0.25) is 0 Å². The summed E-state index contributed by atoms with van der Waals surface area (Å²) in [6, 6.07) is 5.34. The summed E-state index contributed by atoms with van der Waals surface area (Å²) in [6.07, 6.45) is 2.66. The van der Waals surface area contributed by atoms with Gasteiger partial charge in [0.25, 0.3) is 0 Å². The number of rotatable bonds is 5. The molecule has 0 saturated carbocycles. The first-order chi connectivity index (χ1) is 9.97. The summed E-state index contributed by atoms with van der Waals surface area (Å²) in [5, 5.41) is 3.47. The zero-order valence-corrected chi connectivity index (χ0v) is 14.5. The van der Waals surface area contributed by atoms with Crippen molar-refractivity contribution in [3.63, 3.8) is 0 Å². The number of aryl methyl sites for hydroxylation is 3. The molecule has 0 spiro atoms. The molecule has 2 nitrogen and oxygen atoms in total. The first-order valence-corrected chi connectivity index (χ1v) is 8.49. The van der Waals surface area contributed by atoms with Gasteiger partial charge in [0.1, 0.15) is 0 Å². The number of hydrogen-bond donors (Lipinski definition) is 1. The lowest BCUT2D eigenvalue weighted by atomic mass is 9.95. The molecule has 118 valence electrons. The van der Waals surface area contributed by atoms with Crippen LogP contribution in [0, 0.1) is 26.7 Å². The van der Waals surface area contributed by atoms with Crippen molar-refractivity contribution in [2.45, 2.75) is 60.0 Å². The molecule has 0 aliphatic carbocycles. The minimum absolute atomic E-state index is 0.612. The highest BCUT2D eigenvalue weighted by Crippen LogP contribution is 2.21. The van der Waals surface area contributed by atoms with Gasteiger partial charge in [-0.3, -0.25) is 4.90 Å². The van der Waals surface area contributed by atoms with Gasteiger partial charge in [-0.05, 0) is 88.7 Å². The quantitative estimate of drug-likeness (QED) is 0.886. The van der Waals surface area contributed by atoms with Gasteiger partial charge in [-0.1, -0.05) is 12.1 Å². The smallest absolute Gasteiger partial charge is 0.0239 e. The van der Waals surface area contributed by atoms with Crippen LogP contribution >= 0.6 is 0 Å². The molecule has 1 N–H and O–H groups in total. The number of piperidine rings is 1. The number of nitrogens with zero attached hydrogens (tertiary/aromatic N) is 1. The second-order valence-corrected chi connectivity index (χ2v) is 7.08. The summed E-state index contributed by atoms with van der Waals surface area (Å²) < 4.78 is 0. The molecule has 2 rings (SSSR count). The molecule has 2 heteroatoms. The Labute approximate surface area is 130 Å². The molecule has 0 aromatic heterocycles. The van der Waals surface area contributed by atoms with E-state index in [1.54, 1.807) is 0 Å². The Hall–Kier alpha value is -0.860. The van der Waals surface area contributed by atoms with Crippen molar-refractivity contribution < 1.29 is 0 Å². The maximum atomic E-state index is 3.47. The standard InChI is InChI=1S/C19H32N2/c1-14(2)21(12-18-6-8-20-9-7-18)13-19-11-16(4)15(3)10-17(19)5/h10-11,14,18,20H,6-9,12-13H2,1-5H3. The van der Waals surface area contributed by atoms with Gasteiger partial charge in [-0.15, -0.1) is 0 Å². The maximum absolute atomic E-state index is 3.47. The Morgan fingerprint density at radius 1 is 1.05 bits per heavy atom. The van der Waals surface area contributed by atoms with Gasteiger partial charge in [-0.25, -0.2) is 0 Å². The molecule has 1 saturated heterocycles. The fourth-order valence-electron chi connectivity index (χ4n) is 3.26. The van der Waals surface area contributed by atoms with Crippen molar-refractivity contribution in [2.24, 2.45) is 5.92 Å². The topological polar surface area (TPSA) is 15.3 Å². The molecule has 1 aliphatic heterocycles. The average Bonchev–Trinajstić information content (AvgIpc) is 2.44. The molecular weight excluding hydrogens is 256 g/mol. The van der Waals surface area contributed by atoms with Gasteiger partial charge in [0.15, 0.2) is 0 Å². The summed E-state index contributed by atoms with van der Waals surface area (Å²) in [5.41, 5.74) is 5.77. The fourth-order valence-corrected chi connectivity index (χ4v) is 3.26. The third-order valence-electron chi connectivity index (χ3n) is 5.01. The zero-order valence-electron chi connectivity index (χ0n) is 14.5. The van der Waals surface area contributed by atoms with Crippen LogP contribution in [0.25, 0.3) is 0 Å². The molecule has 1 aromatic carbocycles. The third-order valence-corrected chi connectivity index (χ3v) is 5.01. The lowest BCUT2D eigenvalue weighted by Crippen LogP contribution is -2.39. The highest BCUT2D eigenvalue weighted by atomic mass is 15.1. The minimum atomic E-state index is 0.612.